The molecule has 2 atom stereocenters. The molecule has 0 aliphatic heterocycles. The Hall–Kier alpha value is -0.730. The number of ether oxygens (including phenoxy) is 2. The zero-order valence-corrected chi connectivity index (χ0v) is 10.9. The van der Waals surface area contributed by atoms with Crippen LogP contribution in [0, 0.1) is 11.3 Å². The first-order valence-corrected chi connectivity index (χ1v) is 6.28. The van der Waals surface area contributed by atoms with Crippen molar-refractivity contribution in [2.45, 2.75) is 59.5 Å². The van der Waals surface area contributed by atoms with Gasteiger partial charge in [-0.15, -0.1) is 0 Å². The molecule has 0 N–H and O–H groups in total. The van der Waals surface area contributed by atoms with Crippen LogP contribution < -0.4 is 0 Å². The van der Waals surface area contributed by atoms with Crippen LogP contribution in [0.3, 0.4) is 0 Å². The topological polar surface area (TPSA) is 35.5 Å². The molecule has 1 rings (SSSR count). The third kappa shape index (κ3) is 3.69. The second kappa shape index (κ2) is 5.55. The summed E-state index contributed by atoms with van der Waals surface area (Å²) < 4.78 is 10.3. The molecule has 1 saturated carbocycles. The Balaban J connectivity index is 2.57. The molecule has 0 aromatic rings. The Labute approximate surface area is 98.5 Å². The molecule has 0 amide bonds. The van der Waals surface area contributed by atoms with Crippen molar-refractivity contribution in [3.63, 3.8) is 0 Å². The van der Waals surface area contributed by atoms with Crippen molar-refractivity contribution < 1.29 is 14.3 Å². The lowest BCUT2D eigenvalue weighted by molar-refractivity contribution is -0.0379. The molecule has 0 aromatic carbocycles. The Morgan fingerprint density at radius 3 is 2.44 bits per heavy atom. The van der Waals surface area contributed by atoms with E-state index in [1.54, 1.807) is 6.92 Å². The van der Waals surface area contributed by atoms with Gasteiger partial charge in [0.05, 0.1) is 6.61 Å². The predicted molar refractivity (Wildman–Crippen MR) is 63.3 cm³/mol. The average molecular weight is 228 g/mol. The van der Waals surface area contributed by atoms with Gasteiger partial charge in [0.1, 0.15) is 6.10 Å². The van der Waals surface area contributed by atoms with Gasteiger partial charge in [0.25, 0.3) is 0 Å². The van der Waals surface area contributed by atoms with Gasteiger partial charge in [0.2, 0.25) is 0 Å². The van der Waals surface area contributed by atoms with Gasteiger partial charge >= 0.3 is 6.16 Å². The molecule has 0 saturated heterocycles. The van der Waals surface area contributed by atoms with Gasteiger partial charge in [0.15, 0.2) is 0 Å². The molecule has 0 unspecified atom stereocenters. The van der Waals surface area contributed by atoms with Crippen LogP contribution in [-0.4, -0.2) is 18.9 Å². The lowest BCUT2D eigenvalue weighted by Crippen LogP contribution is -2.38. The van der Waals surface area contributed by atoms with Gasteiger partial charge in [-0.2, -0.15) is 0 Å². The lowest BCUT2D eigenvalue weighted by Gasteiger charge is -2.39. The molecule has 1 fully saturated rings. The van der Waals surface area contributed by atoms with E-state index < -0.39 is 6.16 Å². The molecule has 0 aromatic heterocycles. The summed E-state index contributed by atoms with van der Waals surface area (Å²) in [6.45, 7) is 8.81. The second-order valence-corrected chi connectivity index (χ2v) is 5.60. The summed E-state index contributed by atoms with van der Waals surface area (Å²) in [5.74, 6) is 0.450. The summed E-state index contributed by atoms with van der Waals surface area (Å²) in [5.41, 5.74) is 0.192. The van der Waals surface area contributed by atoms with Gasteiger partial charge in [0, 0.05) is 5.92 Å². The van der Waals surface area contributed by atoms with E-state index in [9.17, 15) is 4.79 Å². The van der Waals surface area contributed by atoms with E-state index in [-0.39, 0.29) is 11.5 Å². The van der Waals surface area contributed by atoms with Crippen LogP contribution >= 0.6 is 0 Å². The summed E-state index contributed by atoms with van der Waals surface area (Å²) >= 11 is 0. The molecule has 3 heteroatoms. The minimum absolute atomic E-state index is 0.0350. The molecule has 0 radical (unpaired) electrons. The first kappa shape index (κ1) is 13.3. The highest BCUT2D eigenvalue weighted by Gasteiger charge is 2.36. The molecule has 94 valence electrons. The molecule has 1 aliphatic carbocycles. The molecular formula is C13H24O3. The van der Waals surface area contributed by atoms with Crippen LogP contribution in [0.1, 0.15) is 53.4 Å². The first-order chi connectivity index (χ1) is 7.45. The maximum absolute atomic E-state index is 11.3. The van der Waals surface area contributed by atoms with Crippen molar-refractivity contribution in [1.29, 1.82) is 0 Å². The Morgan fingerprint density at radius 1 is 1.25 bits per heavy atom. The monoisotopic (exact) mass is 228 g/mol. The van der Waals surface area contributed by atoms with Crippen molar-refractivity contribution >= 4 is 6.16 Å². The fourth-order valence-corrected chi connectivity index (χ4v) is 2.50. The van der Waals surface area contributed by atoms with Gasteiger partial charge in [-0.05, 0) is 31.6 Å². The van der Waals surface area contributed by atoms with E-state index in [0.717, 1.165) is 19.3 Å². The number of rotatable bonds is 2. The van der Waals surface area contributed by atoms with Crippen molar-refractivity contribution in [2.75, 3.05) is 6.61 Å². The lowest BCUT2D eigenvalue weighted by atomic mass is 9.71. The first-order valence-electron chi connectivity index (χ1n) is 6.28. The number of carbonyl (C=O) groups excluding carboxylic acids is 1. The van der Waals surface area contributed by atoms with Crippen molar-refractivity contribution in [2.24, 2.45) is 11.3 Å². The van der Waals surface area contributed by atoms with Gasteiger partial charge in [-0.3, -0.25) is 0 Å². The van der Waals surface area contributed by atoms with E-state index >= 15 is 0 Å². The minimum Gasteiger partial charge on any atom is -0.435 e. The van der Waals surface area contributed by atoms with Crippen LogP contribution in [0.5, 0.6) is 0 Å². The van der Waals surface area contributed by atoms with Crippen molar-refractivity contribution in [3.8, 4) is 0 Å². The molecule has 0 bridgehead atoms. The SMILES string of the molecule is CCOC(=O)O[C@@H]1CCCC[C@@H]1C(C)(C)C. The molecule has 3 nitrogen and oxygen atoms in total. The maximum atomic E-state index is 11.3. The number of hydrogen-bond donors (Lipinski definition) is 0. The van der Waals surface area contributed by atoms with Crippen LogP contribution in [0.15, 0.2) is 0 Å². The highest BCUT2D eigenvalue weighted by atomic mass is 16.7. The zero-order valence-electron chi connectivity index (χ0n) is 10.9. The highest BCUT2D eigenvalue weighted by molar-refractivity contribution is 5.60. The number of hydrogen-bond acceptors (Lipinski definition) is 3. The van der Waals surface area contributed by atoms with Crippen molar-refractivity contribution in [3.05, 3.63) is 0 Å². The Kier molecular flexibility index (Phi) is 4.63. The maximum Gasteiger partial charge on any atom is 0.508 e. The fraction of sp³-hybridized carbons (Fsp3) is 0.923. The molecular weight excluding hydrogens is 204 g/mol. The smallest absolute Gasteiger partial charge is 0.435 e. The summed E-state index contributed by atoms with van der Waals surface area (Å²) in [6, 6.07) is 0. The standard InChI is InChI=1S/C13H24O3/c1-5-15-12(14)16-11-9-7-6-8-10(11)13(2,3)4/h10-11H,5-9H2,1-4H3/t10-,11+/m0/s1. The van der Waals surface area contributed by atoms with E-state index in [0.29, 0.717) is 12.5 Å². The Morgan fingerprint density at radius 2 is 1.88 bits per heavy atom. The molecule has 0 spiro atoms. The van der Waals surface area contributed by atoms with E-state index in [2.05, 4.69) is 20.8 Å². The summed E-state index contributed by atoms with van der Waals surface area (Å²) in [4.78, 5) is 11.3. The summed E-state index contributed by atoms with van der Waals surface area (Å²) in [7, 11) is 0. The largest absolute Gasteiger partial charge is 0.508 e. The molecule has 0 heterocycles. The quantitative estimate of drug-likeness (QED) is 0.675. The van der Waals surface area contributed by atoms with E-state index in [1.807, 2.05) is 0 Å². The number of carbonyl (C=O) groups is 1. The minimum atomic E-state index is -0.511. The zero-order chi connectivity index (χ0) is 12.2. The predicted octanol–water partition coefficient (Wildman–Crippen LogP) is 3.76. The Bertz CT molecular complexity index is 230. The van der Waals surface area contributed by atoms with Gasteiger partial charge in [-0.1, -0.05) is 27.2 Å². The normalized spacial score (nSPS) is 26.2. The van der Waals surface area contributed by atoms with Crippen LogP contribution in [0.4, 0.5) is 4.79 Å². The average Bonchev–Trinajstić information content (AvgIpc) is 2.17. The summed E-state index contributed by atoms with van der Waals surface area (Å²) in [6.07, 6.45) is 4.03. The van der Waals surface area contributed by atoms with E-state index in [1.165, 1.54) is 6.42 Å². The molecule has 1 aliphatic rings. The highest BCUT2D eigenvalue weighted by Crippen LogP contribution is 2.39. The van der Waals surface area contributed by atoms with Gasteiger partial charge < -0.3 is 9.47 Å². The third-order valence-electron chi connectivity index (χ3n) is 3.32. The van der Waals surface area contributed by atoms with Crippen molar-refractivity contribution in [1.82, 2.24) is 0 Å². The van der Waals surface area contributed by atoms with Crippen LogP contribution in [0.25, 0.3) is 0 Å². The van der Waals surface area contributed by atoms with Gasteiger partial charge in [-0.25, -0.2) is 4.79 Å². The van der Waals surface area contributed by atoms with E-state index in [4.69, 9.17) is 9.47 Å². The van der Waals surface area contributed by atoms with Crippen LogP contribution in [-0.2, 0) is 9.47 Å². The summed E-state index contributed by atoms with van der Waals surface area (Å²) in [5, 5.41) is 0. The molecule has 16 heavy (non-hydrogen) atoms. The fourth-order valence-electron chi connectivity index (χ4n) is 2.50. The third-order valence-corrected chi connectivity index (χ3v) is 3.32. The second-order valence-electron chi connectivity index (χ2n) is 5.60. The van der Waals surface area contributed by atoms with Crippen LogP contribution in [0.2, 0.25) is 0 Å².